The van der Waals surface area contributed by atoms with Crippen molar-refractivity contribution in [1.29, 1.82) is 0 Å². The number of rotatable bonds is 4. The second-order valence-electron chi connectivity index (χ2n) is 5.08. The number of hydrogen-bond donors (Lipinski definition) is 1. The maximum Gasteiger partial charge on any atom is 0.161 e. The first kappa shape index (κ1) is 13.2. The van der Waals surface area contributed by atoms with E-state index in [1.54, 1.807) is 7.11 Å². The predicted octanol–water partition coefficient (Wildman–Crippen LogP) is 3.43. The molecule has 1 saturated carbocycles. The Bertz CT molecular complexity index is 384. The molecule has 1 atom stereocenters. The van der Waals surface area contributed by atoms with Crippen molar-refractivity contribution in [3.63, 3.8) is 0 Å². The van der Waals surface area contributed by atoms with Crippen molar-refractivity contribution >= 4 is 0 Å². The maximum atomic E-state index is 6.05. The lowest BCUT2D eigenvalue weighted by atomic mass is 9.98. The number of hydrogen-bond acceptors (Lipinski definition) is 3. The van der Waals surface area contributed by atoms with Crippen molar-refractivity contribution in [2.75, 3.05) is 7.11 Å². The molecule has 0 radical (unpaired) electrons. The molecule has 0 aliphatic heterocycles. The largest absolute Gasteiger partial charge is 0.493 e. The van der Waals surface area contributed by atoms with E-state index in [1.807, 2.05) is 25.1 Å². The van der Waals surface area contributed by atoms with Crippen LogP contribution in [0.4, 0.5) is 0 Å². The molecule has 0 spiro atoms. The number of benzene rings is 1. The smallest absolute Gasteiger partial charge is 0.161 e. The van der Waals surface area contributed by atoms with Crippen molar-refractivity contribution in [2.24, 2.45) is 5.73 Å². The monoisotopic (exact) mass is 249 g/mol. The van der Waals surface area contributed by atoms with E-state index in [0.29, 0.717) is 6.10 Å². The highest BCUT2D eigenvalue weighted by Crippen LogP contribution is 2.32. The van der Waals surface area contributed by atoms with Crippen LogP contribution in [-0.2, 0) is 0 Å². The molecule has 1 aromatic carbocycles. The number of nitrogens with two attached hydrogens (primary N) is 1. The second kappa shape index (κ2) is 6.10. The molecule has 3 heteroatoms. The maximum absolute atomic E-state index is 6.05. The van der Waals surface area contributed by atoms with Crippen molar-refractivity contribution in [3.8, 4) is 11.5 Å². The summed E-state index contributed by atoms with van der Waals surface area (Å²) in [7, 11) is 1.67. The topological polar surface area (TPSA) is 44.5 Å². The van der Waals surface area contributed by atoms with Gasteiger partial charge in [-0.1, -0.05) is 12.5 Å². The molecule has 0 heterocycles. The normalized spacial score (nSPS) is 18.4. The van der Waals surface area contributed by atoms with E-state index in [0.717, 1.165) is 29.9 Å². The molecule has 3 nitrogen and oxygen atoms in total. The minimum Gasteiger partial charge on any atom is -0.493 e. The van der Waals surface area contributed by atoms with Crippen LogP contribution in [0.3, 0.4) is 0 Å². The Kier molecular flexibility index (Phi) is 4.48. The first-order valence-corrected chi connectivity index (χ1v) is 6.81. The Morgan fingerprint density at radius 3 is 2.50 bits per heavy atom. The molecule has 18 heavy (non-hydrogen) atoms. The minimum absolute atomic E-state index is 0.0163. The second-order valence-corrected chi connectivity index (χ2v) is 5.08. The fourth-order valence-electron chi connectivity index (χ4n) is 2.43. The summed E-state index contributed by atoms with van der Waals surface area (Å²) in [5.41, 5.74) is 6.95. The molecule has 1 fully saturated rings. The van der Waals surface area contributed by atoms with Crippen LogP contribution in [0.2, 0.25) is 0 Å². The average Bonchev–Trinajstić information content (AvgIpc) is 2.40. The first-order chi connectivity index (χ1) is 8.70. The van der Waals surface area contributed by atoms with Crippen LogP contribution in [-0.4, -0.2) is 13.2 Å². The Morgan fingerprint density at radius 1 is 1.17 bits per heavy atom. The predicted molar refractivity (Wildman–Crippen MR) is 73.1 cm³/mol. The minimum atomic E-state index is 0.0163. The lowest BCUT2D eigenvalue weighted by Gasteiger charge is -2.24. The van der Waals surface area contributed by atoms with Gasteiger partial charge in [0.2, 0.25) is 0 Å². The van der Waals surface area contributed by atoms with Crippen LogP contribution >= 0.6 is 0 Å². The molecule has 2 N–H and O–H groups in total. The number of ether oxygens (including phenoxy) is 2. The zero-order valence-corrected chi connectivity index (χ0v) is 11.3. The molecular weight excluding hydrogens is 226 g/mol. The first-order valence-electron chi connectivity index (χ1n) is 6.81. The summed E-state index contributed by atoms with van der Waals surface area (Å²) < 4.78 is 11.4. The standard InChI is InChI=1S/C15H23NO2/c1-11(16)12-8-9-14(15(10-12)17-2)18-13-6-4-3-5-7-13/h8-11,13H,3-7,16H2,1-2H3. The summed E-state index contributed by atoms with van der Waals surface area (Å²) in [5.74, 6) is 1.63. The van der Waals surface area contributed by atoms with E-state index in [-0.39, 0.29) is 6.04 Å². The van der Waals surface area contributed by atoms with Gasteiger partial charge in [0, 0.05) is 6.04 Å². The van der Waals surface area contributed by atoms with Gasteiger partial charge in [0.15, 0.2) is 11.5 Å². The van der Waals surface area contributed by atoms with Gasteiger partial charge in [0.05, 0.1) is 13.2 Å². The molecule has 1 aliphatic carbocycles. The highest BCUT2D eigenvalue weighted by molar-refractivity contribution is 5.43. The third-order valence-corrected chi connectivity index (χ3v) is 3.56. The van der Waals surface area contributed by atoms with Crippen LogP contribution in [0, 0.1) is 0 Å². The summed E-state index contributed by atoms with van der Waals surface area (Å²) in [4.78, 5) is 0. The van der Waals surface area contributed by atoms with Crippen LogP contribution < -0.4 is 15.2 Å². The van der Waals surface area contributed by atoms with Crippen molar-refractivity contribution in [1.82, 2.24) is 0 Å². The van der Waals surface area contributed by atoms with E-state index in [9.17, 15) is 0 Å². The molecule has 1 unspecified atom stereocenters. The van der Waals surface area contributed by atoms with Gasteiger partial charge in [-0.3, -0.25) is 0 Å². The van der Waals surface area contributed by atoms with Gasteiger partial charge in [-0.25, -0.2) is 0 Å². The molecule has 0 saturated heterocycles. The van der Waals surface area contributed by atoms with Crippen molar-refractivity contribution in [3.05, 3.63) is 23.8 Å². The van der Waals surface area contributed by atoms with Crippen LogP contribution in [0.5, 0.6) is 11.5 Å². The Morgan fingerprint density at radius 2 is 1.89 bits per heavy atom. The average molecular weight is 249 g/mol. The van der Waals surface area contributed by atoms with E-state index < -0.39 is 0 Å². The summed E-state index contributed by atoms with van der Waals surface area (Å²) in [6.45, 7) is 1.97. The third kappa shape index (κ3) is 3.16. The van der Waals surface area contributed by atoms with Crippen LogP contribution in [0.15, 0.2) is 18.2 Å². The molecule has 0 amide bonds. The lowest BCUT2D eigenvalue weighted by molar-refractivity contribution is 0.149. The number of methoxy groups -OCH3 is 1. The van der Waals surface area contributed by atoms with Gasteiger partial charge in [-0.2, -0.15) is 0 Å². The van der Waals surface area contributed by atoms with Gasteiger partial charge in [0.1, 0.15) is 0 Å². The zero-order valence-electron chi connectivity index (χ0n) is 11.3. The van der Waals surface area contributed by atoms with Gasteiger partial charge in [-0.15, -0.1) is 0 Å². The Hall–Kier alpha value is -1.22. The third-order valence-electron chi connectivity index (χ3n) is 3.56. The molecule has 0 aromatic heterocycles. The molecule has 0 bridgehead atoms. The summed E-state index contributed by atoms with van der Waals surface area (Å²) in [6.07, 6.45) is 6.51. The summed E-state index contributed by atoms with van der Waals surface area (Å²) in [6, 6.07) is 5.99. The molecule has 2 rings (SSSR count). The SMILES string of the molecule is COc1cc(C(C)N)ccc1OC1CCCCC1. The Labute approximate surface area is 109 Å². The molecule has 100 valence electrons. The highest BCUT2D eigenvalue weighted by Gasteiger charge is 2.17. The lowest BCUT2D eigenvalue weighted by Crippen LogP contribution is -2.20. The fraction of sp³-hybridized carbons (Fsp3) is 0.600. The van der Waals surface area contributed by atoms with E-state index >= 15 is 0 Å². The summed E-state index contributed by atoms with van der Waals surface area (Å²) in [5, 5.41) is 0. The van der Waals surface area contributed by atoms with E-state index in [4.69, 9.17) is 15.2 Å². The van der Waals surface area contributed by atoms with Crippen molar-refractivity contribution in [2.45, 2.75) is 51.2 Å². The van der Waals surface area contributed by atoms with E-state index in [1.165, 1.54) is 19.3 Å². The van der Waals surface area contributed by atoms with E-state index in [2.05, 4.69) is 0 Å². The van der Waals surface area contributed by atoms with Crippen molar-refractivity contribution < 1.29 is 9.47 Å². The summed E-state index contributed by atoms with van der Waals surface area (Å²) >= 11 is 0. The molecular formula is C15H23NO2. The van der Waals surface area contributed by atoms with Gasteiger partial charge >= 0.3 is 0 Å². The zero-order chi connectivity index (χ0) is 13.0. The molecule has 1 aromatic rings. The quantitative estimate of drug-likeness (QED) is 0.889. The highest BCUT2D eigenvalue weighted by atomic mass is 16.5. The van der Waals surface area contributed by atoms with Crippen LogP contribution in [0.25, 0.3) is 0 Å². The Balaban J connectivity index is 2.11. The fourth-order valence-corrected chi connectivity index (χ4v) is 2.43. The van der Waals surface area contributed by atoms with Gasteiger partial charge < -0.3 is 15.2 Å². The van der Waals surface area contributed by atoms with Gasteiger partial charge in [0.25, 0.3) is 0 Å². The van der Waals surface area contributed by atoms with Crippen LogP contribution in [0.1, 0.15) is 50.6 Å². The van der Waals surface area contributed by atoms with Gasteiger partial charge in [-0.05, 0) is 50.3 Å². The molecule has 1 aliphatic rings.